The zero-order valence-electron chi connectivity index (χ0n) is 23.2. The summed E-state index contributed by atoms with van der Waals surface area (Å²) in [4.78, 5) is 96.6. The van der Waals surface area contributed by atoms with Gasteiger partial charge in [-0.1, -0.05) is 12.1 Å². The minimum atomic E-state index is -1.70. The van der Waals surface area contributed by atoms with Crippen molar-refractivity contribution in [3.8, 4) is 5.75 Å². The third kappa shape index (κ3) is 13.4. The van der Waals surface area contributed by atoms with Gasteiger partial charge < -0.3 is 53.8 Å². The van der Waals surface area contributed by atoms with Crippen LogP contribution in [0.3, 0.4) is 0 Å². The Bertz CT molecular complexity index is 1250. The number of benzene rings is 1. The van der Waals surface area contributed by atoms with E-state index in [9.17, 15) is 48.6 Å². The Morgan fingerprint density at radius 1 is 0.705 bits per heavy atom. The van der Waals surface area contributed by atoms with Crippen LogP contribution in [0.2, 0.25) is 0 Å². The number of nitrogens with two attached hydrogens (primary N) is 3. The highest BCUT2D eigenvalue weighted by molar-refractivity contribution is 7.80. The lowest BCUT2D eigenvalue weighted by atomic mass is 10.0. The van der Waals surface area contributed by atoms with Gasteiger partial charge in [-0.2, -0.15) is 12.6 Å². The highest BCUT2D eigenvalue weighted by Crippen LogP contribution is 2.12. The molecule has 0 unspecified atom stereocenters. The van der Waals surface area contributed by atoms with Crippen molar-refractivity contribution in [3.05, 3.63) is 29.8 Å². The van der Waals surface area contributed by atoms with Crippen LogP contribution in [0.5, 0.6) is 5.75 Å². The molecule has 0 bridgehead atoms. The lowest BCUT2D eigenvalue weighted by molar-refractivity contribution is -0.143. The highest BCUT2D eigenvalue weighted by Gasteiger charge is 2.32. The summed E-state index contributed by atoms with van der Waals surface area (Å²) in [6.07, 6.45) is -2.44. The Hall–Kier alpha value is -4.91. The Morgan fingerprint density at radius 2 is 1.16 bits per heavy atom. The molecular weight excluding hydrogens is 606 g/mol. The number of carboxylic acids is 2. The summed E-state index contributed by atoms with van der Waals surface area (Å²) in [6.45, 7) is 0. The van der Waals surface area contributed by atoms with E-state index in [1.807, 2.05) is 0 Å². The number of amides is 6. The highest BCUT2D eigenvalue weighted by atomic mass is 32.1. The molecule has 0 aliphatic rings. The molecule has 0 aliphatic carbocycles. The monoisotopic (exact) mass is 641 g/mol. The molecule has 1 aromatic rings. The average Bonchev–Trinajstić information content (AvgIpc) is 2.93. The maximum atomic E-state index is 13.3. The van der Waals surface area contributed by atoms with Gasteiger partial charge in [0.1, 0.15) is 29.9 Å². The van der Waals surface area contributed by atoms with Crippen molar-refractivity contribution in [2.24, 2.45) is 17.2 Å². The second-order valence-electron chi connectivity index (χ2n) is 9.52. The number of phenolic OH excluding ortho intramolecular Hbond substituents is 1. The summed E-state index contributed by atoms with van der Waals surface area (Å²) in [5, 5.41) is 36.6. The molecule has 0 saturated heterocycles. The van der Waals surface area contributed by atoms with Crippen LogP contribution in [0, 0.1) is 0 Å². The summed E-state index contributed by atoms with van der Waals surface area (Å²) in [5.74, 6) is -9.32. The number of aliphatic carboxylic acids is 2. The summed E-state index contributed by atoms with van der Waals surface area (Å²) >= 11 is 4.00. The summed E-state index contributed by atoms with van der Waals surface area (Å²) in [7, 11) is 0. The van der Waals surface area contributed by atoms with Gasteiger partial charge >= 0.3 is 11.9 Å². The first-order chi connectivity index (χ1) is 20.5. The average molecular weight is 642 g/mol. The number of hydrogen-bond acceptors (Lipinski definition) is 11. The van der Waals surface area contributed by atoms with Crippen LogP contribution < -0.4 is 38.5 Å². The second-order valence-corrected chi connectivity index (χ2v) is 9.88. The molecule has 0 aromatic heterocycles. The number of thiol groups is 1. The van der Waals surface area contributed by atoms with Crippen LogP contribution in [0.4, 0.5) is 0 Å². The molecule has 0 fully saturated rings. The molecule has 0 heterocycles. The molecule has 242 valence electrons. The fourth-order valence-electron chi connectivity index (χ4n) is 3.59. The lowest BCUT2D eigenvalue weighted by Crippen LogP contribution is -2.59. The number of carboxylic acid groups (broad SMARTS) is 2. The predicted molar refractivity (Wildman–Crippen MR) is 153 cm³/mol. The number of aromatic hydroxyl groups is 1. The SMILES string of the molecule is NC(=O)C[C@H](NC(=O)[C@H](CS)NC(=O)[C@H](Cc1ccc(O)cc1)NC(=O)[C@H](CC(N)=O)NC(=O)[C@@H](N)CCC(=O)O)C(=O)O. The van der Waals surface area contributed by atoms with E-state index in [1.54, 1.807) is 0 Å². The molecule has 0 radical (unpaired) electrons. The van der Waals surface area contributed by atoms with Crippen LogP contribution in [-0.4, -0.2) is 98.7 Å². The van der Waals surface area contributed by atoms with Crippen LogP contribution in [0.25, 0.3) is 0 Å². The number of phenols is 1. The molecule has 0 saturated carbocycles. The van der Waals surface area contributed by atoms with Gasteiger partial charge in [0.2, 0.25) is 35.4 Å². The largest absolute Gasteiger partial charge is 0.508 e. The van der Waals surface area contributed by atoms with Crippen LogP contribution in [0.1, 0.15) is 31.2 Å². The smallest absolute Gasteiger partial charge is 0.326 e. The molecule has 18 nitrogen and oxygen atoms in total. The number of rotatable bonds is 19. The van der Waals surface area contributed by atoms with Crippen LogP contribution in [-0.2, 0) is 44.8 Å². The van der Waals surface area contributed by atoms with E-state index in [0.29, 0.717) is 5.56 Å². The van der Waals surface area contributed by atoms with Gasteiger partial charge in [0, 0.05) is 18.6 Å². The third-order valence-corrected chi connectivity index (χ3v) is 6.25. The molecule has 5 atom stereocenters. The minimum Gasteiger partial charge on any atom is -0.508 e. The molecule has 1 rings (SSSR count). The molecule has 1 aromatic carbocycles. The van der Waals surface area contributed by atoms with Crippen molar-refractivity contribution < 1.29 is 53.7 Å². The molecule has 0 spiro atoms. The quantitative estimate of drug-likeness (QED) is 0.0641. The number of nitrogens with one attached hydrogen (secondary N) is 4. The molecular formula is C25H35N7O11S. The molecule has 13 N–H and O–H groups in total. The second kappa shape index (κ2) is 17.9. The summed E-state index contributed by atoms with van der Waals surface area (Å²) < 4.78 is 0. The van der Waals surface area contributed by atoms with Gasteiger partial charge in [-0.15, -0.1) is 0 Å². The van der Waals surface area contributed by atoms with E-state index in [1.165, 1.54) is 24.3 Å². The first-order valence-electron chi connectivity index (χ1n) is 12.9. The Kier molecular flexibility index (Phi) is 15.1. The van der Waals surface area contributed by atoms with Crippen molar-refractivity contribution in [2.45, 2.75) is 62.3 Å². The van der Waals surface area contributed by atoms with Crippen molar-refractivity contribution in [1.29, 1.82) is 0 Å². The fraction of sp³-hybridized carbons (Fsp3) is 0.440. The standard InChI is InChI=1S/C25H35N7O11S/c26-13(5-6-20(36)37)21(38)29-15(8-18(27)34)23(40)30-14(7-11-1-3-12(33)4-2-11)22(39)32-17(10-44)24(41)31-16(25(42)43)9-19(28)35/h1-4,13-17,33,44H,5-10,26H2,(H2,27,34)(H2,28,35)(H,29,38)(H,30,40)(H,31,41)(H,32,39)(H,36,37)(H,42,43)/t13-,14-,15-,16-,17-/m0/s1. The first-order valence-corrected chi connectivity index (χ1v) is 13.5. The van der Waals surface area contributed by atoms with E-state index in [-0.39, 0.29) is 24.3 Å². The van der Waals surface area contributed by atoms with Gasteiger partial charge in [0.05, 0.1) is 18.9 Å². The number of hydrogen-bond donors (Lipinski definition) is 11. The maximum Gasteiger partial charge on any atom is 0.326 e. The van der Waals surface area contributed by atoms with Gasteiger partial charge in [-0.05, 0) is 24.1 Å². The Balaban J connectivity index is 3.21. The normalized spacial score (nSPS) is 14.0. The zero-order valence-corrected chi connectivity index (χ0v) is 24.1. The van der Waals surface area contributed by atoms with Crippen LogP contribution in [0.15, 0.2) is 24.3 Å². The van der Waals surface area contributed by atoms with E-state index in [0.717, 1.165) is 0 Å². The predicted octanol–water partition coefficient (Wildman–Crippen LogP) is -4.17. The minimum absolute atomic E-state index is 0.0991. The van der Waals surface area contributed by atoms with Gasteiger partial charge in [-0.25, -0.2) is 4.79 Å². The van der Waals surface area contributed by atoms with Gasteiger partial charge in [-0.3, -0.25) is 33.6 Å². The summed E-state index contributed by atoms with van der Waals surface area (Å²) in [6, 6.07) is -2.20. The number of primary amides is 2. The van der Waals surface area contributed by atoms with E-state index in [2.05, 4.69) is 33.9 Å². The number of carbonyl (C=O) groups is 8. The lowest BCUT2D eigenvalue weighted by Gasteiger charge is -2.25. The topological polar surface area (TPSA) is 323 Å². The fourth-order valence-corrected chi connectivity index (χ4v) is 3.85. The Morgan fingerprint density at radius 3 is 1.66 bits per heavy atom. The van der Waals surface area contributed by atoms with Crippen LogP contribution >= 0.6 is 12.6 Å². The number of carbonyl (C=O) groups excluding carboxylic acids is 6. The first kappa shape index (κ1) is 37.1. The van der Waals surface area contributed by atoms with Crippen molar-refractivity contribution in [2.75, 3.05) is 5.75 Å². The van der Waals surface area contributed by atoms with Gasteiger partial charge in [0.15, 0.2) is 0 Å². The van der Waals surface area contributed by atoms with Crippen molar-refractivity contribution in [1.82, 2.24) is 21.3 Å². The summed E-state index contributed by atoms with van der Waals surface area (Å²) in [5.41, 5.74) is 16.3. The van der Waals surface area contributed by atoms with Crippen molar-refractivity contribution >= 4 is 60.0 Å². The molecule has 0 aliphatic heterocycles. The van der Waals surface area contributed by atoms with E-state index in [4.69, 9.17) is 22.3 Å². The van der Waals surface area contributed by atoms with E-state index < -0.39 is 96.9 Å². The van der Waals surface area contributed by atoms with Crippen molar-refractivity contribution in [3.63, 3.8) is 0 Å². The molecule has 19 heteroatoms. The third-order valence-electron chi connectivity index (χ3n) is 5.89. The zero-order chi connectivity index (χ0) is 33.6. The maximum absolute atomic E-state index is 13.3. The molecule has 44 heavy (non-hydrogen) atoms. The van der Waals surface area contributed by atoms with Gasteiger partial charge in [0.25, 0.3) is 0 Å². The molecule has 6 amide bonds. The van der Waals surface area contributed by atoms with E-state index >= 15 is 0 Å². The Labute approximate surface area is 255 Å².